The number of hydrogen-bond acceptors (Lipinski definition) is 3. The summed E-state index contributed by atoms with van der Waals surface area (Å²) in [5, 5.41) is 13.6. The summed E-state index contributed by atoms with van der Waals surface area (Å²) in [6.07, 6.45) is 10.4. The summed E-state index contributed by atoms with van der Waals surface area (Å²) in [5.41, 5.74) is -0.222. The summed E-state index contributed by atoms with van der Waals surface area (Å²) in [7, 11) is 0. The zero-order valence-corrected chi connectivity index (χ0v) is 12.4. The third-order valence-electron chi connectivity index (χ3n) is 4.48. The first-order valence-corrected chi connectivity index (χ1v) is 8.61. The fourth-order valence-electron chi connectivity index (χ4n) is 3.46. The van der Waals surface area contributed by atoms with E-state index in [0.29, 0.717) is 5.25 Å². The monoisotopic (exact) mass is 266 g/mol. The second kappa shape index (κ2) is 6.82. The lowest BCUT2D eigenvalue weighted by Crippen LogP contribution is -2.48. The fourth-order valence-corrected chi connectivity index (χ4v) is 5.07. The molecule has 0 saturated heterocycles. The van der Waals surface area contributed by atoms with Crippen LogP contribution in [0.5, 0.6) is 0 Å². The number of nitrogens with one attached hydrogen (secondary N) is 1. The topological polar surface area (TPSA) is 35.8 Å². The van der Waals surface area contributed by atoms with Gasteiger partial charge in [-0.1, -0.05) is 19.8 Å². The molecule has 2 saturated carbocycles. The van der Waals surface area contributed by atoms with Gasteiger partial charge in [-0.25, -0.2) is 0 Å². The maximum absolute atomic E-state index is 9.45. The van der Waals surface area contributed by atoms with Gasteiger partial charge < -0.3 is 0 Å². The normalized spacial score (nSPS) is 33.4. The Morgan fingerprint density at radius 1 is 1.28 bits per heavy atom. The average Bonchev–Trinajstić information content (AvgIpc) is 2.90. The Balaban J connectivity index is 1.80. The molecular formula is C15H26N2S. The van der Waals surface area contributed by atoms with Gasteiger partial charge in [0.15, 0.2) is 0 Å². The molecule has 2 aliphatic rings. The Morgan fingerprint density at radius 2 is 2.06 bits per heavy atom. The SMILES string of the molecule is CCNC1(C#N)CCCC(SCC2CCCC2)C1. The molecule has 2 fully saturated rings. The lowest BCUT2D eigenvalue weighted by molar-refractivity contribution is 0.309. The van der Waals surface area contributed by atoms with Crippen LogP contribution in [0, 0.1) is 17.2 Å². The highest BCUT2D eigenvalue weighted by Crippen LogP contribution is 2.37. The van der Waals surface area contributed by atoms with Crippen LogP contribution in [0.25, 0.3) is 0 Å². The number of rotatable bonds is 5. The van der Waals surface area contributed by atoms with Gasteiger partial charge in [0.25, 0.3) is 0 Å². The number of nitrogens with zero attached hydrogens (tertiary/aromatic N) is 1. The molecule has 0 spiro atoms. The zero-order valence-electron chi connectivity index (χ0n) is 11.6. The van der Waals surface area contributed by atoms with Gasteiger partial charge in [-0.15, -0.1) is 0 Å². The Kier molecular flexibility index (Phi) is 5.38. The summed E-state index contributed by atoms with van der Waals surface area (Å²) >= 11 is 2.15. The van der Waals surface area contributed by atoms with Crippen molar-refractivity contribution in [3.05, 3.63) is 0 Å². The molecule has 0 radical (unpaired) electrons. The maximum atomic E-state index is 9.45. The van der Waals surface area contributed by atoms with Gasteiger partial charge in [-0.3, -0.25) is 5.32 Å². The van der Waals surface area contributed by atoms with Crippen LogP contribution in [-0.2, 0) is 0 Å². The molecule has 0 heterocycles. The van der Waals surface area contributed by atoms with Crippen molar-refractivity contribution in [3.8, 4) is 6.07 Å². The number of nitriles is 1. The lowest BCUT2D eigenvalue weighted by Gasteiger charge is -2.36. The summed E-state index contributed by atoms with van der Waals surface area (Å²) < 4.78 is 0. The first-order chi connectivity index (χ1) is 8.78. The van der Waals surface area contributed by atoms with Crippen LogP contribution in [0.3, 0.4) is 0 Å². The second-order valence-electron chi connectivity index (χ2n) is 5.93. The van der Waals surface area contributed by atoms with E-state index in [1.54, 1.807) is 0 Å². The van der Waals surface area contributed by atoms with E-state index in [4.69, 9.17) is 0 Å². The number of hydrogen-bond donors (Lipinski definition) is 1. The molecule has 0 amide bonds. The van der Waals surface area contributed by atoms with Crippen LogP contribution in [0.15, 0.2) is 0 Å². The van der Waals surface area contributed by atoms with Crippen molar-refractivity contribution in [1.29, 1.82) is 5.26 Å². The fraction of sp³-hybridized carbons (Fsp3) is 0.933. The standard InChI is InChI=1S/C15H26N2S/c1-2-17-15(12-16)9-5-8-14(10-15)18-11-13-6-3-4-7-13/h13-14,17H,2-11H2,1H3. The highest BCUT2D eigenvalue weighted by Gasteiger charge is 2.36. The highest BCUT2D eigenvalue weighted by molar-refractivity contribution is 7.99. The molecule has 1 N–H and O–H groups in total. The van der Waals surface area contributed by atoms with E-state index in [1.165, 1.54) is 44.3 Å². The predicted molar refractivity (Wildman–Crippen MR) is 78.7 cm³/mol. The molecule has 0 aromatic rings. The van der Waals surface area contributed by atoms with Crippen LogP contribution in [0.1, 0.15) is 58.3 Å². The molecule has 18 heavy (non-hydrogen) atoms. The van der Waals surface area contributed by atoms with Gasteiger partial charge >= 0.3 is 0 Å². The number of thioether (sulfide) groups is 1. The molecular weight excluding hydrogens is 240 g/mol. The van der Waals surface area contributed by atoms with Gasteiger partial charge in [-0.2, -0.15) is 17.0 Å². The molecule has 3 heteroatoms. The Labute approximate surface area is 116 Å². The molecule has 2 rings (SSSR count). The maximum Gasteiger partial charge on any atom is 0.107 e. The van der Waals surface area contributed by atoms with E-state index in [2.05, 4.69) is 30.1 Å². The van der Waals surface area contributed by atoms with E-state index in [0.717, 1.165) is 25.3 Å². The Morgan fingerprint density at radius 3 is 2.72 bits per heavy atom. The van der Waals surface area contributed by atoms with Crippen molar-refractivity contribution >= 4 is 11.8 Å². The second-order valence-corrected chi connectivity index (χ2v) is 7.26. The molecule has 2 unspecified atom stereocenters. The first kappa shape index (κ1) is 14.2. The molecule has 2 atom stereocenters. The molecule has 0 aliphatic heterocycles. The molecule has 0 bridgehead atoms. The summed E-state index contributed by atoms with van der Waals surface area (Å²) in [4.78, 5) is 0. The van der Waals surface area contributed by atoms with E-state index < -0.39 is 0 Å². The van der Waals surface area contributed by atoms with Gasteiger partial charge in [0, 0.05) is 5.25 Å². The smallest absolute Gasteiger partial charge is 0.107 e. The molecule has 2 nitrogen and oxygen atoms in total. The first-order valence-electron chi connectivity index (χ1n) is 7.56. The van der Waals surface area contributed by atoms with E-state index in [-0.39, 0.29) is 5.54 Å². The third kappa shape index (κ3) is 3.65. The molecule has 102 valence electrons. The van der Waals surface area contributed by atoms with Crippen LogP contribution in [0.4, 0.5) is 0 Å². The van der Waals surface area contributed by atoms with Crippen LogP contribution < -0.4 is 5.32 Å². The minimum atomic E-state index is -0.222. The Hall–Kier alpha value is -0.200. The largest absolute Gasteiger partial charge is 0.300 e. The van der Waals surface area contributed by atoms with Crippen molar-refractivity contribution in [2.75, 3.05) is 12.3 Å². The van der Waals surface area contributed by atoms with E-state index in [9.17, 15) is 5.26 Å². The van der Waals surface area contributed by atoms with Gasteiger partial charge in [0.2, 0.25) is 0 Å². The van der Waals surface area contributed by atoms with Crippen molar-refractivity contribution in [2.24, 2.45) is 5.92 Å². The summed E-state index contributed by atoms with van der Waals surface area (Å²) in [6.45, 7) is 3.02. The van der Waals surface area contributed by atoms with Crippen molar-refractivity contribution in [1.82, 2.24) is 5.32 Å². The van der Waals surface area contributed by atoms with Crippen molar-refractivity contribution in [2.45, 2.75) is 69.1 Å². The lowest BCUT2D eigenvalue weighted by atomic mass is 9.82. The van der Waals surface area contributed by atoms with Gasteiger partial charge in [0.05, 0.1) is 6.07 Å². The molecule has 2 aliphatic carbocycles. The van der Waals surface area contributed by atoms with E-state index >= 15 is 0 Å². The highest BCUT2D eigenvalue weighted by atomic mass is 32.2. The average molecular weight is 266 g/mol. The third-order valence-corrected chi connectivity index (χ3v) is 6.01. The molecule has 0 aromatic heterocycles. The predicted octanol–water partition coefficient (Wildman–Crippen LogP) is 3.72. The van der Waals surface area contributed by atoms with E-state index in [1.807, 2.05) is 0 Å². The van der Waals surface area contributed by atoms with Crippen LogP contribution in [-0.4, -0.2) is 23.1 Å². The Bertz CT molecular complexity index is 289. The van der Waals surface area contributed by atoms with Crippen molar-refractivity contribution in [3.63, 3.8) is 0 Å². The molecule has 0 aromatic carbocycles. The summed E-state index contributed by atoms with van der Waals surface area (Å²) in [6, 6.07) is 2.55. The zero-order chi connectivity index (χ0) is 12.8. The quantitative estimate of drug-likeness (QED) is 0.823. The van der Waals surface area contributed by atoms with Gasteiger partial charge in [-0.05, 0) is 56.7 Å². The minimum Gasteiger partial charge on any atom is -0.300 e. The minimum absolute atomic E-state index is 0.222. The summed E-state index contributed by atoms with van der Waals surface area (Å²) in [5.74, 6) is 2.30. The van der Waals surface area contributed by atoms with Crippen LogP contribution >= 0.6 is 11.8 Å². The van der Waals surface area contributed by atoms with Crippen LogP contribution in [0.2, 0.25) is 0 Å². The van der Waals surface area contributed by atoms with Gasteiger partial charge in [0.1, 0.15) is 5.54 Å². The van der Waals surface area contributed by atoms with Crippen molar-refractivity contribution < 1.29 is 0 Å².